The van der Waals surface area contributed by atoms with Gasteiger partial charge in [0.2, 0.25) is 5.88 Å². The Bertz CT molecular complexity index is 677. The first kappa shape index (κ1) is 13.0. The lowest BCUT2D eigenvalue weighted by molar-refractivity contribution is 0.288. The molecule has 0 atom stereocenters. The average Bonchev–Trinajstić information content (AvgIpc) is 3.21. The van der Waals surface area contributed by atoms with Crippen LogP contribution in [0, 0.1) is 5.92 Å². The summed E-state index contributed by atoms with van der Waals surface area (Å²) in [5, 5.41) is 7.54. The quantitative estimate of drug-likeness (QED) is 0.854. The summed E-state index contributed by atoms with van der Waals surface area (Å²) in [4.78, 5) is 15.7. The van der Waals surface area contributed by atoms with Crippen molar-refractivity contribution in [3.05, 3.63) is 22.6 Å². The maximum atomic E-state index is 11.3. The van der Waals surface area contributed by atoms with Gasteiger partial charge in [-0.25, -0.2) is 14.9 Å². The molecule has 2 aromatic rings. The van der Waals surface area contributed by atoms with Crippen molar-refractivity contribution in [1.29, 1.82) is 0 Å². The van der Waals surface area contributed by atoms with Gasteiger partial charge in [-0.3, -0.25) is 4.57 Å². The van der Waals surface area contributed by atoms with Gasteiger partial charge in [0.15, 0.2) is 5.16 Å². The van der Waals surface area contributed by atoms with E-state index in [1.807, 2.05) is 0 Å². The minimum absolute atomic E-state index is 0.256. The van der Waals surface area contributed by atoms with E-state index in [1.165, 1.54) is 29.2 Å². The molecular formula is C12H15N5O2S. The van der Waals surface area contributed by atoms with Crippen molar-refractivity contribution in [3.63, 3.8) is 0 Å². The number of nitrogens with zero attached hydrogens (tertiary/aromatic N) is 3. The topological polar surface area (TPSA) is 98.8 Å². The zero-order chi connectivity index (χ0) is 14.1. The summed E-state index contributed by atoms with van der Waals surface area (Å²) < 4.78 is 7.05. The molecule has 0 aliphatic heterocycles. The summed E-state index contributed by atoms with van der Waals surface area (Å²) in [7, 11) is 1.65. The van der Waals surface area contributed by atoms with Gasteiger partial charge >= 0.3 is 5.69 Å². The number of aromatic amines is 1. The zero-order valence-corrected chi connectivity index (χ0v) is 11.8. The minimum Gasteiger partial charge on any atom is -0.476 e. The molecule has 0 bridgehead atoms. The Balaban J connectivity index is 1.77. The number of aromatic nitrogens is 4. The highest BCUT2D eigenvalue weighted by molar-refractivity contribution is 7.99. The number of anilines is 1. The van der Waals surface area contributed by atoms with E-state index in [-0.39, 0.29) is 5.69 Å². The fourth-order valence-electron chi connectivity index (χ4n) is 1.61. The van der Waals surface area contributed by atoms with Crippen LogP contribution in [0.2, 0.25) is 0 Å². The summed E-state index contributed by atoms with van der Waals surface area (Å²) >= 11 is 1.28. The molecule has 1 fully saturated rings. The number of nitrogen functional groups attached to an aromatic ring is 1. The maximum absolute atomic E-state index is 11.3. The third kappa shape index (κ3) is 2.79. The molecule has 1 aliphatic rings. The van der Waals surface area contributed by atoms with Crippen molar-refractivity contribution in [2.45, 2.75) is 23.0 Å². The van der Waals surface area contributed by atoms with E-state index in [4.69, 9.17) is 10.5 Å². The van der Waals surface area contributed by atoms with E-state index in [0.29, 0.717) is 34.3 Å². The molecule has 3 N–H and O–H groups in total. The van der Waals surface area contributed by atoms with Gasteiger partial charge in [-0.15, -0.1) is 5.10 Å². The number of hydrogen-bond donors (Lipinski definition) is 2. The van der Waals surface area contributed by atoms with Crippen molar-refractivity contribution in [1.82, 2.24) is 19.7 Å². The molecule has 106 valence electrons. The number of rotatable bonds is 5. The Morgan fingerprint density at radius 1 is 1.55 bits per heavy atom. The third-order valence-electron chi connectivity index (χ3n) is 3.05. The van der Waals surface area contributed by atoms with Crippen LogP contribution < -0.4 is 16.2 Å². The predicted octanol–water partition coefficient (Wildman–Crippen LogP) is 1.03. The second-order valence-electron chi connectivity index (χ2n) is 4.77. The average molecular weight is 293 g/mol. The molecule has 1 aliphatic carbocycles. The Kier molecular flexibility index (Phi) is 3.39. The molecule has 20 heavy (non-hydrogen) atoms. The van der Waals surface area contributed by atoms with Crippen LogP contribution >= 0.6 is 11.8 Å². The SMILES string of the molecule is Cn1c(Sc2ccc(N)c(OCC3CC3)n2)n[nH]c1=O. The smallest absolute Gasteiger partial charge is 0.343 e. The summed E-state index contributed by atoms with van der Waals surface area (Å²) in [5.41, 5.74) is 6.11. The molecule has 0 amide bonds. The Morgan fingerprint density at radius 3 is 3.00 bits per heavy atom. The van der Waals surface area contributed by atoms with E-state index >= 15 is 0 Å². The largest absolute Gasteiger partial charge is 0.476 e. The molecule has 2 heterocycles. The second kappa shape index (κ2) is 5.20. The molecule has 0 unspecified atom stereocenters. The van der Waals surface area contributed by atoms with E-state index in [1.54, 1.807) is 19.2 Å². The van der Waals surface area contributed by atoms with Gasteiger partial charge in [-0.1, -0.05) is 0 Å². The Labute approximate surface area is 119 Å². The molecule has 1 saturated carbocycles. The molecule has 3 rings (SSSR count). The van der Waals surface area contributed by atoms with Crippen LogP contribution in [0.25, 0.3) is 0 Å². The van der Waals surface area contributed by atoms with Gasteiger partial charge in [-0.05, 0) is 42.7 Å². The van der Waals surface area contributed by atoms with Crippen LogP contribution in [0.5, 0.6) is 5.88 Å². The first-order chi connectivity index (χ1) is 9.63. The molecule has 8 heteroatoms. The van der Waals surface area contributed by atoms with Gasteiger partial charge in [-0.2, -0.15) is 0 Å². The van der Waals surface area contributed by atoms with Gasteiger partial charge in [0.05, 0.1) is 12.3 Å². The van der Waals surface area contributed by atoms with Gasteiger partial charge < -0.3 is 10.5 Å². The highest BCUT2D eigenvalue weighted by atomic mass is 32.2. The number of H-pyrrole nitrogens is 1. The molecule has 0 spiro atoms. The summed E-state index contributed by atoms with van der Waals surface area (Å²) in [5.74, 6) is 1.09. The van der Waals surface area contributed by atoms with Crippen LogP contribution in [0.4, 0.5) is 5.69 Å². The van der Waals surface area contributed by atoms with Crippen LogP contribution in [0.3, 0.4) is 0 Å². The molecular weight excluding hydrogens is 278 g/mol. The van der Waals surface area contributed by atoms with Crippen molar-refractivity contribution in [2.24, 2.45) is 13.0 Å². The third-order valence-corrected chi connectivity index (χ3v) is 4.04. The zero-order valence-electron chi connectivity index (χ0n) is 11.0. The summed E-state index contributed by atoms with van der Waals surface area (Å²) in [6.07, 6.45) is 2.42. The number of ether oxygens (including phenoxy) is 1. The normalized spacial score (nSPS) is 14.4. The van der Waals surface area contributed by atoms with Gasteiger partial charge in [0.25, 0.3) is 0 Å². The molecule has 2 aromatic heterocycles. The van der Waals surface area contributed by atoms with Gasteiger partial charge in [0.1, 0.15) is 5.03 Å². The lowest BCUT2D eigenvalue weighted by atomic mass is 10.4. The van der Waals surface area contributed by atoms with Crippen LogP contribution in [-0.4, -0.2) is 26.4 Å². The molecule has 7 nitrogen and oxygen atoms in total. The fourth-order valence-corrected chi connectivity index (χ4v) is 2.37. The van der Waals surface area contributed by atoms with E-state index in [0.717, 1.165) is 0 Å². The molecule has 0 radical (unpaired) electrons. The Morgan fingerprint density at radius 2 is 2.35 bits per heavy atom. The van der Waals surface area contributed by atoms with Crippen molar-refractivity contribution >= 4 is 17.4 Å². The molecule has 0 aromatic carbocycles. The number of nitrogens with two attached hydrogens (primary N) is 1. The lowest BCUT2D eigenvalue weighted by Crippen LogP contribution is -2.12. The summed E-state index contributed by atoms with van der Waals surface area (Å²) in [6.45, 7) is 0.659. The monoisotopic (exact) mass is 293 g/mol. The minimum atomic E-state index is -0.256. The highest BCUT2D eigenvalue weighted by Gasteiger charge is 2.22. The van der Waals surface area contributed by atoms with E-state index < -0.39 is 0 Å². The molecule has 0 saturated heterocycles. The van der Waals surface area contributed by atoms with Crippen LogP contribution in [0.15, 0.2) is 27.1 Å². The highest BCUT2D eigenvalue weighted by Crippen LogP contribution is 2.32. The first-order valence-electron chi connectivity index (χ1n) is 6.32. The van der Waals surface area contributed by atoms with Crippen LogP contribution in [0.1, 0.15) is 12.8 Å². The number of nitrogens with one attached hydrogen (secondary N) is 1. The number of hydrogen-bond acceptors (Lipinski definition) is 6. The standard InChI is InChI=1S/C12H15N5O2S/c1-17-11(18)15-16-12(17)20-9-5-4-8(13)10(14-9)19-6-7-2-3-7/h4-5,7H,2-3,6,13H2,1H3,(H,15,18). The van der Waals surface area contributed by atoms with Crippen LogP contribution in [-0.2, 0) is 7.05 Å². The lowest BCUT2D eigenvalue weighted by Gasteiger charge is -2.08. The Hall–Kier alpha value is -1.96. The predicted molar refractivity (Wildman–Crippen MR) is 74.8 cm³/mol. The van der Waals surface area contributed by atoms with E-state index in [9.17, 15) is 4.79 Å². The van der Waals surface area contributed by atoms with Crippen molar-refractivity contribution in [3.8, 4) is 5.88 Å². The second-order valence-corrected chi connectivity index (χ2v) is 5.76. The fraction of sp³-hybridized carbons (Fsp3) is 0.417. The summed E-state index contributed by atoms with van der Waals surface area (Å²) in [6, 6.07) is 3.53. The van der Waals surface area contributed by atoms with Crippen molar-refractivity contribution < 1.29 is 4.74 Å². The first-order valence-corrected chi connectivity index (χ1v) is 7.13. The van der Waals surface area contributed by atoms with Gasteiger partial charge in [0, 0.05) is 7.05 Å². The maximum Gasteiger partial charge on any atom is 0.343 e. The number of pyridine rings is 1. The van der Waals surface area contributed by atoms with E-state index in [2.05, 4.69) is 15.2 Å². The van der Waals surface area contributed by atoms with Crippen molar-refractivity contribution in [2.75, 3.05) is 12.3 Å².